The van der Waals surface area contributed by atoms with E-state index in [1.54, 1.807) is 0 Å². The fourth-order valence-electron chi connectivity index (χ4n) is 1.96. The van der Waals surface area contributed by atoms with Gasteiger partial charge in [0.25, 0.3) is 5.69 Å². The number of rotatable bonds is 3. The summed E-state index contributed by atoms with van der Waals surface area (Å²) in [5.74, 6) is -1.37. The van der Waals surface area contributed by atoms with E-state index in [2.05, 4.69) is 10.5 Å². The van der Waals surface area contributed by atoms with Gasteiger partial charge in [-0.05, 0) is 30.5 Å². The first kappa shape index (κ1) is 14.6. The van der Waals surface area contributed by atoms with Gasteiger partial charge in [-0.1, -0.05) is 0 Å². The van der Waals surface area contributed by atoms with Crippen molar-refractivity contribution < 1.29 is 14.5 Å². The normalized spacial score (nSPS) is 14.4. The number of non-ortho nitro benzene ring substituents is 1. The smallest absolute Gasteiger partial charge is 0.329 e. The molecule has 110 valence electrons. The predicted octanol–water partition coefficient (Wildman–Crippen LogP) is 0.667. The molecule has 0 bridgehead atoms. The maximum absolute atomic E-state index is 11.7. The molecular weight excluding hydrogens is 276 g/mol. The highest BCUT2D eigenvalue weighted by Crippen LogP contribution is 2.10. The van der Waals surface area contributed by atoms with E-state index in [-0.39, 0.29) is 5.69 Å². The average Bonchev–Trinajstić information content (AvgIpc) is 3.01. The summed E-state index contributed by atoms with van der Waals surface area (Å²) >= 11 is 0. The van der Waals surface area contributed by atoms with Gasteiger partial charge in [-0.15, -0.1) is 0 Å². The molecule has 1 aromatic rings. The molecule has 0 atom stereocenters. The van der Waals surface area contributed by atoms with Crippen LogP contribution in [0.2, 0.25) is 0 Å². The highest BCUT2D eigenvalue weighted by Gasteiger charge is 2.23. The van der Waals surface area contributed by atoms with Crippen molar-refractivity contribution in [1.29, 1.82) is 0 Å². The molecule has 0 unspecified atom stereocenters. The lowest BCUT2D eigenvalue weighted by molar-refractivity contribution is -0.384. The van der Waals surface area contributed by atoms with Gasteiger partial charge in [0, 0.05) is 25.2 Å². The second-order valence-corrected chi connectivity index (χ2v) is 4.55. The first-order valence-corrected chi connectivity index (χ1v) is 6.44. The van der Waals surface area contributed by atoms with Gasteiger partial charge < -0.3 is 4.90 Å². The Morgan fingerprint density at radius 1 is 1.24 bits per heavy atom. The van der Waals surface area contributed by atoms with E-state index in [0.29, 0.717) is 18.7 Å². The minimum atomic E-state index is -0.782. The Bertz CT molecular complexity index is 576. The molecule has 1 saturated heterocycles. The fraction of sp³-hybridized carbons (Fsp3) is 0.308. The predicted molar refractivity (Wildman–Crippen MR) is 74.6 cm³/mol. The molecule has 0 aromatic heterocycles. The summed E-state index contributed by atoms with van der Waals surface area (Å²) in [5, 5.41) is 14.2. The number of carbonyl (C=O) groups excluding carboxylic acids is 2. The van der Waals surface area contributed by atoms with Gasteiger partial charge in [0.15, 0.2) is 0 Å². The number of nitrogens with zero attached hydrogens (tertiary/aromatic N) is 3. The number of benzene rings is 1. The quantitative estimate of drug-likeness (QED) is 0.382. The number of nitro groups is 1. The third-order valence-electron chi connectivity index (χ3n) is 3.07. The summed E-state index contributed by atoms with van der Waals surface area (Å²) in [7, 11) is 0. The molecule has 1 N–H and O–H groups in total. The van der Waals surface area contributed by atoms with Crippen molar-refractivity contribution >= 4 is 23.7 Å². The molecule has 8 nitrogen and oxygen atoms in total. The van der Waals surface area contributed by atoms with Crippen LogP contribution in [0.25, 0.3) is 0 Å². The lowest BCUT2D eigenvalue weighted by Gasteiger charge is -2.12. The number of nitro benzene ring substituents is 1. The summed E-state index contributed by atoms with van der Waals surface area (Å²) < 4.78 is 0. The van der Waals surface area contributed by atoms with Crippen LogP contribution in [0, 0.1) is 10.1 Å². The van der Waals surface area contributed by atoms with Crippen LogP contribution in [0.15, 0.2) is 29.4 Å². The van der Waals surface area contributed by atoms with E-state index in [1.807, 2.05) is 0 Å². The Hall–Kier alpha value is -2.77. The third kappa shape index (κ3) is 3.85. The van der Waals surface area contributed by atoms with Gasteiger partial charge >= 0.3 is 11.8 Å². The first-order valence-electron chi connectivity index (χ1n) is 6.44. The maximum atomic E-state index is 11.7. The fourth-order valence-corrected chi connectivity index (χ4v) is 1.96. The summed E-state index contributed by atoms with van der Waals surface area (Å²) in [4.78, 5) is 34.7. The van der Waals surface area contributed by atoms with Gasteiger partial charge in [-0.3, -0.25) is 19.7 Å². The van der Waals surface area contributed by atoms with E-state index < -0.39 is 16.7 Å². The van der Waals surface area contributed by atoms with Crippen LogP contribution >= 0.6 is 0 Å². The van der Waals surface area contributed by atoms with Crippen molar-refractivity contribution in [2.45, 2.75) is 12.8 Å². The topological polar surface area (TPSA) is 105 Å². The van der Waals surface area contributed by atoms with Crippen molar-refractivity contribution in [2.24, 2.45) is 5.10 Å². The molecule has 21 heavy (non-hydrogen) atoms. The van der Waals surface area contributed by atoms with E-state index in [1.165, 1.54) is 35.4 Å². The van der Waals surface area contributed by atoms with E-state index in [9.17, 15) is 19.7 Å². The van der Waals surface area contributed by atoms with Gasteiger partial charge in [0.05, 0.1) is 11.1 Å². The van der Waals surface area contributed by atoms with Crippen molar-refractivity contribution in [3.8, 4) is 0 Å². The molecule has 2 rings (SSSR count). The Morgan fingerprint density at radius 3 is 2.43 bits per heavy atom. The Labute approximate surface area is 120 Å². The number of hydrazone groups is 1. The minimum Gasteiger partial charge on any atom is -0.334 e. The van der Waals surface area contributed by atoms with Crippen LogP contribution in [0.3, 0.4) is 0 Å². The second kappa shape index (κ2) is 6.60. The van der Waals surface area contributed by atoms with Crippen molar-refractivity contribution in [3.05, 3.63) is 39.9 Å². The summed E-state index contributed by atoms with van der Waals surface area (Å²) in [6.45, 7) is 1.19. The minimum absolute atomic E-state index is 0.0274. The molecule has 0 aliphatic carbocycles. The third-order valence-corrected chi connectivity index (χ3v) is 3.07. The Balaban J connectivity index is 1.88. The molecule has 0 radical (unpaired) electrons. The molecular formula is C13H14N4O4. The molecule has 0 spiro atoms. The van der Waals surface area contributed by atoms with E-state index in [0.717, 1.165) is 12.8 Å². The lowest BCUT2D eigenvalue weighted by atomic mass is 10.2. The first-order chi connectivity index (χ1) is 10.1. The van der Waals surface area contributed by atoms with Crippen LogP contribution in [-0.4, -0.2) is 40.9 Å². The SMILES string of the molecule is O=C(N/N=C\c1ccc([N+](=O)[O-])cc1)C(=O)N1CCCC1. The summed E-state index contributed by atoms with van der Waals surface area (Å²) in [6.07, 6.45) is 3.13. The lowest BCUT2D eigenvalue weighted by Crippen LogP contribution is -2.39. The van der Waals surface area contributed by atoms with Crippen LogP contribution in [-0.2, 0) is 9.59 Å². The molecule has 2 amide bonds. The largest absolute Gasteiger partial charge is 0.334 e. The van der Waals surface area contributed by atoms with Crippen LogP contribution in [0.4, 0.5) is 5.69 Å². The Kier molecular flexibility index (Phi) is 4.60. The molecule has 1 aromatic carbocycles. The number of nitrogens with one attached hydrogen (secondary N) is 1. The van der Waals surface area contributed by atoms with Crippen molar-refractivity contribution in [3.63, 3.8) is 0 Å². The van der Waals surface area contributed by atoms with Crippen LogP contribution in [0.1, 0.15) is 18.4 Å². The monoisotopic (exact) mass is 290 g/mol. The summed E-state index contributed by atoms with van der Waals surface area (Å²) in [6, 6.07) is 5.66. The molecule has 1 aliphatic rings. The zero-order chi connectivity index (χ0) is 15.2. The van der Waals surface area contributed by atoms with Crippen molar-refractivity contribution in [2.75, 3.05) is 13.1 Å². The van der Waals surface area contributed by atoms with Gasteiger partial charge in [0.2, 0.25) is 0 Å². The van der Waals surface area contributed by atoms with Gasteiger partial charge in [0.1, 0.15) is 0 Å². The van der Waals surface area contributed by atoms with Crippen LogP contribution < -0.4 is 5.43 Å². The van der Waals surface area contributed by atoms with E-state index in [4.69, 9.17) is 0 Å². The number of amides is 2. The number of hydrogen-bond acceptors (Lipinski definition) is 5. The highest BCUT2D eigenvalue weighted by molar-refractivity contribution is 6.35. The zero-order valence-electron chi connectivity index (χ0n) is 11.2. The molecule has 1 aliphatic heterocycles. The van der Waals surface area contributed by atoms with Crippen LogP contribution in [0.5, 0.6) is 0 Å². The van der Waals surface area contributed by atoms with Crippen molar-refractivity contribution in [1.82, 2.24) is 10.3 Å². The maximum Gasteiger partial charge on any atom is 0.329 e. The number of hydrogen-bond donors (Lipinski definition) is 1. The molecule has 1 fully saturated rings. The second-order valence-electron chi connectivity index (χ2n) is 4.55. The Morgan fingerprint density at radius 2 is 1.86 bits per heavy atom. The molecule has 0 saturated carbocycles. The zero-order valence-corrected chi connectivity index (χ0v) is 11.2. The molecule has 1 heterocycles. The number of carbonyl (C=O) groups is 2. The van der Waals surface area contributed by atoms with Gasteiger partial charge in [-0.25, -0.2) is 5.43 Å². The summed E-state index contributed by atoms with van der Waals surface area (Å²) in [5.41, 5.74) is 2.70. The van der Waals surface area contributed by atoms with Gasteiger partial charge in [-0.2, -0.15) is 5.10 Å². The number of likely N-dealkylation sites (tertiary alicyclic amines) is 1. The average molecular weight is 290 g/mol. The standard InChI is InChI=1S/C13H14N4O4/c18-12(13(19)16-7-1-2-8-16)15-14-9-10-3-5-11(6-4-10)17(20)21/h3-6,9H,1-2,7-8H2,(H,15,18)/b14-9-. The van der Waals surface area contributed by atoms with E-state index >= 15 is 0 Å². The highest BCUT2D eigenvalue weighted by atomic mass is 16.6. The molecule has 8 heteroatoms.